The van der Waals surface area contributed by atoms with Crippen molar-refractivity contribution in [3.05, 3.63) is 45.1 Å². The summed E-state index contributed by atoms with van der Waals surface area (Å²) in [4.78, 5) is 11.5. The molecule has 1 aromatic carbocycles. The van der Waals surface area contributed by atoms with Crippen LogP contribution in [0.5, 0.6) is 0 Å². The van der Waals surface area contributed by atoms with Crippen LogP contribution < -0.4 is 5.69 Å². The fourth-order valence-electron chi connectivity index (χ4n) is 1.55. The number of aromatic nitrogens is 3. The number of aryl methyl sites for hydroxylation is 2. The van der Waals surface area contributed by atoms with Gasteiger partial charge in [-0.05, 0) is 25.5 Å². The van der Waals surface area contributed by atoms with Crippen LogP contribution in [-0.4, -0.2) is 14.8 Å². The molecule has 0 aliphatic heterocycles. The van der Waals surface area contributed by atoms with Crippen LogP contribution in [0.1, 0.15) is 11.4 Å². The third kappa shape index (κ3) is 1.57. The highest BCUT2D eigenvalue weighted by Crippen LogP contribution is 2.23. The van der Waals surface area contributed by atoms with Crippen LogP contribution >= 0.6 is 11.6 Å². The minimum Gasteiger partial charge on any atom is -0.246 e. The molecule has 2 rings (SSSR count). The van der Waals surface area contributed by atoms with Gasteiger partial charge in [0.15, 0.2) is 0 Å². The van der Waals surface area contributed by atoms with Crippen LogP contribution in [0.25, 0.3) is 5.69 Å². The Bertz CT molecular complexity index is 536. The van der Waals surface area contributed by atoms with Crippen molar-refractivity contribution in [3.8, 4) is 5.69 Å². The number of halogens is 1. The molecule has 1 aromatic heterocycles. The highest BCUT2D eigenvalue weighted by atomic mass is 35.5. The lowest BCUT2D eigenvalue weighted by Gasteiger charge is -2.08. The molecule has 0 unspecified atom stereocenters. The minimum atomic E-state index is -0.274. The molecule has 4 nitrogen and oxygen atoms in total. The molecular weight excluding hydrogens is 214 g/mol. The maximum Gasteiger partial charge on any atom is 0.347 e. The normalized spacial score (nSPS) is 10.6. The third-order valence-corrected chi connectivity index (χ3v) is 2.56. The minimum absolute atomic E-state index is 0.274. The van der Waals surface area contributed by atoms with Crippen molar-refractivity contribution in [3.63, 3.8) is 0 Å². The molecule has 0 aliphatic carbocycles. The standard InChI is InChI=1S/C10H10ClN3O/c1-6-4-3-5-8(11)9(6)14-7(2)12-13-10(14)15/h3-5H,1-2H3,(H,13,15). The maximum atomic E-state index is 11.5. The van der Waals surface area contributed by atoms with E-state index in [1.807, 2.05) is 19.1 Å². The number of nitrogens with zero attached hydrogens (tertiary/aromatic N) is 2. The van der Waals surface area contributed by atoms with Gasteiger partial charge in [-0.25, -0.2) is 14.5 Å². The van der Waals surface area contributed by atoms with Gasteiger partial charge in [0, 0.05) is 0 Å². The van der Waals surface area contributed by atoms with Gasteiger partial charge in [-0.2, -0.15) is 5.10 Å². The summed E-state index contributed by atoms with van der Waals surface area (Å²) in [5, 5.41) is 6.77. The third-order valence-electron chi connectivity index (χ3n) is 2.25. The highest BCUT2D eigenvalue weighted by Gasteiger charge is 2.11. The second kappa shape index (κ2) is 3.55. The molecule has 78 valence electrons. The Labute approximate surface area is 91.5 Å². The fraction of sp³-hybridized carbons (Fsp3) is 0.200. The number of nitrogens with one attached hydrogen (secondary N) is 1. The molecule has 0 radical (unpaired) electrons. The Kier molecular flexibility index (Phi) is 2.36. The van der Waals surface area contributed by atoms with Gasteiger partial charge in [-0.1, -0.05) is 23.7 Å². The number of aromatic amines is 1. The van der Waals surface area contributed by atoms with Gasteiger partial charge in [0.05, 0.1) is 10.7 Å². The lowest BCUT2D eigenvalue weighted by Crippen LogP contribution is -2.17. The summed E-state index contributed by atoms with van der Waals surface area (Å²) >= 11 is 6.06. The lowest BCUT2D eigenvalue weighted by atomic mass is 10.2. The van der Waals surface area contributed by atoms with E-state index in [9.17, 15) is 4.79 Å². The molecule has 0 atom stereocenters. The van der Waals surface area contributed by atoms with Crippen LogP contribution in [0.15, 0.2) is 23.0 Å². The number of H-pyrrole nitrogens is 1. The van der Waals surface area contributed by atoms with Crippen molar-refractivity contribution in [2.24, 2.45) is 0 Å². The molecule has 15 heavy (non-hydrogen) atoms. The fourth-order valence-corrected chi connectivity index (χ4v) is 1.85. The van der Waals surface area contributed by atoms with E-state index >= 15 is 0 Å². The van der Waals surface area contributed by atoms with E-state index < -0.39 is 0 Å². The molecule has 0 aliphatic rings. The largest absolute Gasteiger partial charge is 0.347 e. The van der Waals surface area contributed by atoms with Crippen molar-refractivity contribution in [2.75, 3.05) is 0 Å². The van der Waals surface area contributed by atoms with Gasteiger partial charge in [-0.3, -0.25) is 0 Å². The van der Waals surface area contributed by atoms with Crippen molar-refractivity contribution < 1.29 is 0 Å². The van der Waals surface area contributed by atoms with E-state index in [1.165, 1.54) is 4.57 Å². The first-order valence-corrected chi connectivity index (χ1v) is 4.88. The zero-order valence-corrected chi connectivity index (χ0v) is 9.17. The predicted molar refractivity (Wildman–Crippen MR) is 58.7 cm³/mol. The highest BCUT2D eigenvalue weighted by molar-refractivity contribution is 6.32. The molecule has 2 aromatic rings. The Hall–Kier alpha value is -1.55. The van der Waals surface area contributed by atoms with E-state index in [0.717, 1.165) is 5.56 Å². The SMILES string of the molecule is Cc1cccc(Cl)c1-n1c(C)n[nH]c1=O. The topological polar surface area (TPSA) is 50.7 Å². The number of hydrogen-bond donors (Lipinski definition) is 1. The van der Waals surface area contributed by atoms with Crippen LogP contribution in [0.2, 0.25) is 5.02 Å². The van der Waals surface area contributed by atoms with Gasteiger partial charge in [0.1, 0.15) is 5.82 Å². The molecule has 0 fully saturated rings. The monoisotopic (exact) mass is 223 g/mol. The van der Waals surface area contributed by atoms with Gasteiger partial charge in [-0.15, -0.1) is 0 Å². The second-order valence-corrected chi connectivity index (χ2v) is 3.72. The summed E-state index contributed by atoms with van der Waals surface area (Å²) in [6.45, 7) is 3.65. The zero-order chi connectivity index (χ0) is 11.0. The molecule has 0 bridgehead atoms. The van der Waals surface area contributed by atoms with Gasteiger partial charge in [0.25, 0.3) is 0 Å². The summed E-state index contributed by atoms with van der Waals surface area (Å²) in [7, 11) is 0. The Morgan fingerprint density at radius 2 is 2.13 bits per heavy atom. The molecule has 0 spiro atoms. The smallest absolute Gasteiger partial charge is 0.246 e. The molecule has 0 saturated heterocycles. The number of para-hydroxylation sites is 1. The van der Waals surface area contributed by atoms with Crippen molar-refractivity contribution >= 4 is 11.6 Å². The molecule has 5 heteroatoms. The summed E-state index contributed by atoms with van der Waals surface area (Å²) in [5.41, 5.74) is 1.35. The predicted octanol–water partition coefficient (Wildman–Crippen LogP) is 1.83. The van der Waals surface area contributed by atoms with Crippen LogP contribution in [0, 0.1) is 13.8 Å². The van der Waals surface area contributed by atoms with E-state index in [-0.39, 0.29) is 5.69 Å². The van der Waals surface area contributed by atoms with E-state index in [1.54, 1.807) is 13.0 Å². The summed E-state index contributed by atoms with van der Waals surface area (Å²) in [6, 6.07) is 5.50. The number of benzene rings is 1. The average molecular weight is 224 g/mol. The van der Waals surface area contributed by atoms with Crippen molar-refractivity contribution in [2.45, 2.75) is 13.8 Å². The van der Waals surface area contributed by atoms with E-state index in [2.05, 4.69) is 10.2 Å². The van der Waals surface area contributed by atoms with E-state index in [4.69, 9.17) is 11.6 Å². The number of rotatable bonds is 1. The quantitative estimate of drug-likeness (QED) is 0.802. The second-order valence-electron chi connectivity index (χ2n) is 3.32. The zero-order valence-electron chi connectivity index (χ0n) is 8.41. The Morgan fingerprint density at radius 3 is 2.67 bits per heavy atom. The van der Waals surface area contributed by atoms with Crippen molar-refractivity contribution in [1.29, 1.82) is 0 Å². The van der Waals surface area contributed by atoms with Gasteiger partial charge in [0.2, 0.25) is 0 Å². The van der Waals surface area contributed by atoms with Gasteiger partial charge < -0.3 is 0 Å². The molecule has 0 amide bonds. The summed E-state index contributed by atoms with van der Waals surface area (Å²) < 4.78 is 1.47. The maximum absolute atomic E-state index is 11.5. The molecule has 0 saturated carbocycles. The Balaban J connectivity index is 2.80. The Morgan fingerprint density at radius 1 is 1.40 bits per heavy atom. The number of hydrogen-bond acceptors (Lipinski definition) is 2. The molecular formula is C10H10ClN3O. The first kappa shape index (κ1) is 9.98. The van der Waals surface area contributed by atoms with Crippen molar-refractivity contribution in [1.82, 2.24) is 14.8 Å². The van der Waals surface area contributed by atoms with Gasteiger partial charge >= 0.3 is 5.69 Å². The first-order valence-electron chi connectivity index (χ1n) is 4.51. The molecule has 1 N–H and O–H groups in total. The lowest BCUT2D eigenvalue weighted by molar-refractivity contribution is 0.934. The summed E-state index contributed by atoms with van der Waals surface area (Å²) in [5.74, 6) is 0.594. The molecule has 1 heterocycles. The van der Waals surface area contributed by atoms with E-state index in [0.29, 0.717) is 16.5 Å². The van der Waals surface area contributed by atoms with Crippen LogP contribution in [0.3, 0.4) is 0 Å². The average Bonchev–Trinajstić information content (AvgIpc) is 2.49. The van der Waals surface area contributed by atoms with Crippen LogP contribution in [0.4, 0.5) is 0 Å². The first-order chi connectivity index (χ1) is 7.11. The summed E-state index contributed by atoms with van der Waals surface area (Å²) in [6.07, 6.45) is 0. The van der Waals surface area contributed by atoms with Crippen LogP contribution in [-0.2, 0) is 0 Å².